The third-order valence-electron chi connectivity index (χ3n) is 3.92. The molecular formula is C14H18Cl2N2O2. The van der Waals surface area contributed by atoms with Gasteiger partial charge in [0.1, 0.15) is 5.15 Å². The van der Waals surface area contributed by atoms with Crippen molar-refractivity contribution in [1.29, 1.82) is 0 Å². The molecule has 20 heavy (non-hydrogen) atoms. The summed E-state index contributed by atoms with van der Waals surface area (Å²) in [5.41, 5.74) is 0.261. The number of hydrogen-bond acceptors (Lipinski definition) is 3. The van der Waals surface area contributed by atoms with Crippen molar-refractivity contribution in [3.05, 3.63) is 28.0 Å². The van der Waals surface area contributed by atoms with Gasteiger partial charge in [0.25, 0.3) is 5.91 Å². The minimum Gasteiger partial charge on any atom is -0.378 e. The number of amides is 1. The monoisotopic (exact) mass is 316 g/mol. The first-order chi connectivity index (χ1) is 9.36. The molecule has 1 aliphatic carbocycles. The predicted molar refractivity (Wildman–Crippen MR) is 79.3 cm³/mol. The van der Waals surface area contributed by atoms with Crippen LogP contribution >= 0.6 is 23.2 Å². The Morgan fingerprint density at radius 1 is 1.55 bits per heavy atom. The van der Waals surface area contributed by atoms with Gasteiger partial charge in [-0.15, -0.1) is 0 Å². The summed E-state index contributed by atoms with van der Waals surface area (Å²) in [4.78, 5) is 16.1. The van der Waals surface area contributed by atoms with Crippen molar-refractivity contribution in [2.75, 3.05) is 6.61 Å². The average Bonchev–Trinajstić information content (AvgIpc) is 2.40. The van der Waals surface area contributed by atoms with E-state index in [1.54, 1.807) is 0 Å². The second kappa shape index (κ2) is 5.88. The smallest absolute Gasteiger partial charge is 0.253 e. The van der Waals surface area contributed by atoms with Crippen LogP contribution in [0.25, 0.3) is 0 Å². The van der Waals surface area contributed by atoms with E-state index in [0.717, 1.165) is 6.42 Å². The third-order valence-corrected chi connectivity index (χ3v) is 4.43. The fourth-order valence-corrected chi connectivity index (χ4v) is 2.78. The lowest BCUT2D eigenvalue weighted by Gasteiger charge is -2.51. The molecule has 0 aliphatic heterocycles. The van der Waals surface area contributed by atoms with Gasteiger partial charge in [0, 0.05) is 24.3 Å². The standard InChI is InChI=1S/C14H18Cl2N2O2/c1-4-20-11-6-10(14(11,2)3)18-13(19)8-5-12(16)17-7-9(8)15/h5,7,10-11H,4,6H2,1-3H3,(H,18,19). The summed E-state index contributed by atoms with van der Waals surface area (Å²) in [7, 11) is 0. The molecule has 1 N–H and O–H groups in total. The van der Waals surface area contributed by atoms with Gasteiger partial charge in [-0.3, -0.25) is 4.79 Å². The Balaban J connectivity index is 2.05. The van der Waals surface area contributed by atoms with Crippen LogP contribution in [0.5, 0.6) is 0 Å². The van der Waals surface area contributed by atoms with Crippen LogP contribution in [-0.2, 0) is 4.74 Å². The molecule has 2 rings (SSSR count). The largest absolute Gasteiger partial charge is 0.378 e. The van der Waals surface area contributed by atoms with Crippen LogP contribution in [-0.4, -0.2) is 29.6 Å². The second-order valence-electron chi connectivity index (χ2n) is 5.51. The van der Waals surface area contributed by atoms with E-state index in [1.165, 1.54) is 12.3 Å². The molecule has 0 spiro atoms. The van der Waals surface area contributed by atoms with Crippen LogP contribution in [0.1, 0.15) is 37.6 Å². The molecule has 0 radical (unpaired) electrons. The van der Waals surface area contributed by atoms with Crippen molar-refractivity contribution < 1.29 is 9.53 Å². The molecule has 1 aliphatic rings. The Kier molecular flexibility index (Phi) is 4.57. The lowest BCUT2D eigenvalue weighted by molar-refractivity contribution is -0.111. The van der Waals surface area contributed by atoms with Crippen LogP contribution < -0.4 is 5.32 Å². The number of hydrogen-bond donors (Lipinski definition) is 1. The van der Waals surface area contributed by atoms with Crippen molar-refractivity contribution in [2.45, 2.75) is 39.3 Å². The molecular weight excluding hydrogens is 299 g/mol. The van der Waals surface area contributed by atoms with E-state index >= 15 is 0 Å². The number of pyridine rings is 1. The second-order valence-corrected chi connectivity index (χ2v) is 6.31. The highest BCUT2D eigenvalue weighted by Crippen LogP contribution is 2.42. The Hall–Kier alpha value is -0.840. The Bertz CT molecular complexity index is 520. The van der Waals surface area contributed by atoms with E-state index in [2.05, 4.69) is 24.1 Å². The van der Waals surface area contributed by atoms with Gasteiger partial charge >= 0.3 is 0 Å². The van der Waals surface area contributed by atoms with Gasteiger partial charge < -0.3 is 10.1 Å². The van der Waals surface area contributed by atoms with Crippen molar-refractivity contribution in [3.63, 3.8) is 0 Å². The van der Waals surface area contributed by atoms with E-state index < -0.39 is 0 Å². The number of carbonyl (C=O) groups is 1. The van der Waals surface area contributed by atoms with Gasteiger partial charge in [-0.1, -0.05) is 37.0 Å². The van der Waals surface area contributed by atoms with Gasteiger partial charge in [0.2, 0.25) is 0 Å². The Labute approximate surface area is 128 Å². The summed E-state index contributed by atoms with van der Waals surface area (Å²) < 4.78 is 5.64. The lowest BCUT2D eigenvalue weighted by atomic mass is 9.64. The topological polar surface area (TPSA) is 51.2 Å². The minimum absolute atomic E-state index is 0.0644. The quantitative estimate of drug-likeness (QED) is 0.867. The lowest BCUT2D eigenvalue weighted by Crippen LogP contribution is -2.62. The number of carbonyl (C=O) groups excluding carboxylic acids is 1. The Morgan fingerprint density at radius 2 is 2.25 bits per heavy atom. The van der Waals surface area contributed by atoms with Crippen LogP contribution in [0.2, 0.25) is 10.2 Å². The molecule has 1 aromatic rings. The maximum absolute atomic E-state index is 12.3. The first-order valence-corrected chi connectivity index (χ1v) is 7.35. The van der Waals surface area contributed by atoms with Crippen LogP contribution in [0, 0.1) is 5.41 Å². The minimum atomic E-state index is -0.229. The molecule has 4 nitrogen and oxygen atoms in total. The highest BCUT2D eigenvalue weighted by molar-refractivity contribution is 6.35. The number of aromatic nitrogens is 1. The van der Waals surface area contributed by atoms with E-state index in [4.69, 9.17) is 27.9 Å². The highest BCUT2D eigenvalue weighted by atomic mass is 35.5. The third kappa shape index (κ3) is 2.92. The normalized spacial score (nSPS) is 24.1. The molecule has 110 valence electrons. The first-order valence-electron chi connectivity index (χ1n) is 6.59. The maximum Gasteiger partial charge on any atom is 0.253 e. The number of rotatable bonds is 4. The van der Waals surface area contributed by atoms with E-state index in [0.29, 0.717) is 17.2 Å². The average molecular weight is 317 g/mol. The molecule has 0 saturated heterocycles. The van der Waals surface area contributed by atoms with Crippen LogP contribution in [0.15, 0.2) is 12.3 Å². The van der Waals surface area contributed by atoms with Crippen molar-refractivity contribution >= 4 is 29.1 Å². The summed E-state index contributed by atoms with van der Waals surface area (Å²) in [6.07, 6.45) is 2.37. The number of nitrogens with one attached hydrogen (secondary N) is 1. The fourth-order valence-electron chi connectivity index (χ4n) is 2.44. The van der Waals surface area contributed by atoms with Crippen molar-refractivity contribution in [3.8, 4) is 0 Å². The van der Waals surface area contributed by atoms with Gasteiger partial charge in [0.15, 0.2) is 0 Å². The number of nitrogens with zero attached hydrogens (tertiary/aromatic N) is 1. The molecule has 1 aromatic heterocycles. The van der Waals surface area contributed by atoms with Crippen LogP contribution in [0.3, 0.4) is 0 Å². The van der Waals surface area contributed by atoms with Crippen molar-refractivity contribution in [2.24, 2.45) is 5.41 Å². The van der Waals surface area contributed by atoms with Crippen molar-refractivity contribution in [1.82, 2.24) is 10.3 Å². The zero-order valence-corrected chi connectivity index (χ0v) is 13.3. The molecule has 1 saturated carbocycles. The molecule has 2 unspecified atom stereocenters. The van der Waals surface area contributed by atoms with Gasteiger partial charge in [-0.25, -0.2) is 4.98 Å². The van der Waals surface area contributed by atoms with E-state index in [1.807, 2.05) is 6.92 Å². The van der Waals surface area contributed by atoms with Crippen LogP contribution in [0.4, 0.5) is 0 Å². The number of ether oxygens (including phenoxy) is 1. The zero-order chi connectivity index (χ0) is 14.9. The summed E-state index contributed by atoms with van der Waals surface area (Å²) >= 11 is 11.8. The summed E-state index contributed by atoms with van der Waals surface area (Å²) in [5, 5.41) is 3.54. The Morgan fingerprint density at radius 3 is 2.85 bits per heavy atom. The molecule has 1 amide bonds. The van der Waals surface area contributed by atoms with E-state index in [9.17, 15) is 4.79 Å². The van der Waals surface area contributed by atoms with Gasteiger partial charge in [-0.05, 0) is 19.4 Å². The van der Waals surface area contributed by atoms with Gasteiger partial charge in [-0.2, -0.15) is 0 Å². The zero-order valence-electron chi connectivity index (χ0n) is 11.7. The molecule has 6 heteroatoms. The maximum atomic E-state index is 12.3. The first kappa shape index (κ1) is 15.5. The summed E-state index contributed by atoms with van der Waals surface area (Å²) in [6, 6.07) is 1.54. The molecule has 0 bridgehead atoms. The van der Waals surface area contributed by atoms with E-state index in [-0.39, 0.29) is 28.6 Å². The molecule has 1 fully saturated rings. The highest BCUT2D eigenvalue weighted by Gasteiger charge is 2.49. The number of halogens is 2. The molecule has 2 atom stereocenters. The predicted octanol–water partition coefficient (Wildman–Crippen LogP) is 3.32. The van der Waals surface area contributed by atoms with Gasteiger partial charge in [0.05, 0.1) is 16.7 Å². The SMILES string of the molecule is CCOC1CC(NC(=O)c2cc(Cl)ncc2Cl)C1(C)C. The summed E-state index contributed by atoms with van der Waals surface area (Å²) in [5.74, 6) is -0.229. The molecule has 1 heterocycles. The fraction of sp³-hybridized carbons (Fsp3) is 0.571. The summed E-state index contributed by atoms with van der Waals surface area (Å²) in [6.45, 7) is 6.83. The molecule has 0 aromatic carbocycles.